The molecule has 1 aromatic rings. The van der Waals surface area contributed by atoms with Gasteiger partial charge in [-0.05, 0) is 74.8 Å². The smallest absolute Gasteiger partial charge is 0.217 e. The van der Waals surface area contributed by atoms with Crippen LogP contribution in [0.15, 0.2) is 18.2 Å². The number of carbonyl (C=O) groups is 1. The summed E-state index contributed by atoms with van der Waals surface area (Å²) in [5.41, 5.74) is 7.78. The molecular formula is C24H38ClN3O2. The van der Waals surface area contributed by atoms with Crippen molar-refractivity contribution in [1.29, 1.82) is 0 Å². The summed E-state index contributed by atoms with van der Waals surface area (Å²) in [5.74, 6) is 1.18. The molecule has 6 heteroatoms. The number of nitrogens with zero attached hydrogens (tertiary/aromatic N) is 2. The number of aryl methyl sites for hydroxylation is 1. The van der Waals surface area contributed by atoms with E-state index >= 15 is 0 Å². The Morgan fingerprint density at radius 2 is 1.87 bits per heavy atom. The molecule has 1 aromatic carbocycles. The molecule has 0 spiro atoms. The third-order valence-electron chi connectivity index (χ3n) is 7.01. The van der Waals surface area contributed by atoms with E-state index in [0.29, 0.717) is 12.3 Å². The highest BCUT2D eigenvalue weighted by atomic mass is 35.5. The third kappa shape index (κ3) is 6.86. The second-order valence-electron chi connectivity index (χ2n) is 9.16. The first-order chi connectivity index (χ1) is 14.4. The van der Waals surface area contributed by atoms with Gasteiger partial charge in [0.15, 0.2) is 0 Å². The first-order valence-electron chi connectivity index (χ1n) is 11.5. The highest BCUT2D eigenvalue weighted by Gasteiger charge is 2.28. The number of amides is 1. The summed E-state index contributed by atoms with van der Waals surface area (Å²) in [4.78, 5) is 16.1. The van der Waals surface area contributed by atoms with Gasteiger partial charge >= 0.3 is 0 Å². The average molecular weight is 436 g/mol. The molecular weight excluding hydrogens is 398 g/mol. The number of anilines is 1. The van der Waals surface area contributed by atoms with Crippen LogP contribution in [-0.2, 0) is 9.53 Å². The second kappa shape index (κ2) is 11.4. The standard InChI is InChI=1S/C24H38ClN3O2/c1-18-15-21(25)17-22(16-18)28-13-11-27(12-14-28)10-9-19-3-5-20(6-4-19)23(30-2)7-8-24(26)29/h15-17,19-20,23H,3-14H2,1-2H3,(H2,26,29). The molecule has 1 heterocycles. The molecule has 0 radical (unpaired) electrons. The van der Waals surface area contributed by atoms with Gasteiger partial charge in [0.1, 0.15) is 0 Å². The molecule has 168 valence electrons. The van der Waals surface area contributed by atoms with Gasteiger partial charge in [-0.25, -0.2) is 0 Å². The number of rotatable bonds is 9. The van der Waals surface area contributed by atoms with Crippen LogP contribution < -0.4 is 10.6 Å². The van der Waals surface area contributed by atoms with E-state index in [-0.39, 0.29) is 12.0 Å². The van der Waals surface area contributed by atoms with Crippen LogP contribution in [0, 0.1) is 18.8 Å². The van der Waals surface area contributed by atoms with Crippen molar-refractivity contribution in [3.63, 3.8) is 0 Å². The van der Waals surface area contributed by atoms with Crippen molar-refractivity contribution in [3.8, 4) is 0 Å². The molecule has 1 aliphatic carbocycles. The fourth-order valence-corrected chi connectivity index (χ4v) is 5.46. The Hall–Kier alpha value is -1.30. The van der Waals surface area contributed by atoms with E-state index in [4.69, 9.17) is 22.1 Å². The largest absolute Gasteiger partial charge is 0.381 e. The highest BCUT2D eigenvalue weighted by molar-refractivity contribution is 6.30. The van der Waals surface area contributed by atoms with Crippen LogP contribution in [0.4, 0.5) is 5.69 Å². The number of primary amides is 1. The predicted molar refractivity (Wildman–Crippen MR) is 124 cm³/mol. The number of carbonyl (C=O) groups excluding carboxylic acids is 1. The summed E-state index contributed by atoms with van der Waals surface area (Å²) in [6.45, 7) is 7.70. The zero-order valence-corrected chi connectivity index (χ0v) is 19.4. The molecule has 1 amide bonds. The molecule has 5 nitrogen and oxygen atoms in total. The number of halogens is 1. The molecule has 2 aliphatic rings. The Balaban J connectivity index is 1.36. The first kappa shape index (κ1) is 23.4. The molecule has 1 unspecified atom stereocenters. The normalized spacial score (nSPS) is 24.0. The zero-order valence-electron chi connectivity index (χ0n) is 18.6. The van der Waals surface area contributed by atoms with E-state index in [0.717, 1.165) is 43.5 Å². The van der Waals surface area contributed by atoms with Crippen molar-refractivity contribution in [3.05, 3.63) is 28.8 Å². The van der Waals surface area contributed by atoms with E-state index in [1.807, 2.05) is 6.07 Å². The first-order valence-corrected chi connectivity index (χ1v) is 11.9. The minimum absolute atomic E-state index is 0.182. The number of ether oxygens (including phenoxy) is 1. The monoisotopic (exact) mass is 435 g/mol. The lowest BCUT2D eigenvalue weighted by molar-refractivity contribution is -0.119. The fourth-order valence-electron chi connectivity index (χ4n) is 5.17. The molecule has 1 saturated heterocycles. The lowest BCUT2D eigenvalue weighted by atomic mass is 9.77. The van der Waals surface area contributed by atoms with E-state index < -0.39 is 0 Å². The maximum absolute atomic E-state index is 11.1. The van der Waals surface area contributed by atoms with Gasteiger partial charge in [0.25, 0.3) is 0 Å². The Bertz CT molecular complexity index is 663. The van der Waals surface area contributed by atoms with Crippen LogP contribution in [0.3, 0.4) is 0 Å². The summed E-state index contributed by atoms with van der Waals surface area (Å²) in [7, 11) is 1.77. The van der Waals surface area contributed by atoms with Gasteiger partial charge in [0, 0.05) is 50.4 Å². The number of piperazine rings is 1. The molecule has 1 atom stereocenters. The van der Waals surface area contributed by atoms with Crippen molar-refractivity contribution in [1.82, 2.24) is 4.90 Å². The van der Waals surface area contributed by atoms with Crippen molar-refractivity contribution < 1.29 is 9.53 Å². The molecule has 0 aromatic heterocycles. The molecule has 0 bridgehead atoms. The third-order valence-corrected chi connectivity index (χ3v) is 7.23. The van der Waals surface area contributed by atoms with E-state index in [2.05, 4.69) is 28.9 Å². The van der Waals surface area contributed by atoms with E-state index in [1.54, 1.807) is 7.11 Å². The van der Waals surface area contributed by atoms with Crippen LogP contribution in [0.5, 0.6) is 0 Å². The lowest BCUT2D eigenvalue weighted by Crippen LogP contribution is -2.47. The van der Waals surface area contributed by atoms with Crippen LogP contribution in [-0.4, -0.2) is 56.7 Å². The van der Waals surface area contributed by atoms with Crippen LogP contribution in [0.1, 0.15) is 50.5 Å². The quantitative estimate of drug-likeness (QED) is 0.630. The molecule has 1 aliphatic heterocycles. The zero-order chi connectivity index (χ0) is 21.5. The van der Waals surface area contributed by atoms with Crippen molar-refractivity contribution in [2.24, 2.45) is 17.6 Å². The van der Waals surface area contributed by atoms with Gasteiger partial charge in [-0.15, -0.1) is 0 Å². The molecule has 3 rings (SSSR count). The fraction of sp³-hybridized carbons (Fsp3) is 0.708. The minimum Gasteiger partial charge on any atom is -0.381 e. The molecule has 2 N–H and O–H groups in total. The molecule has 1 saturated carbocycles. The Labute approximate surface area is 186 Å². The van der Waals surface area contributed by atoms with Crippen molar-refractivity contribution in [2.75, 3.05) is 44.7 Å². The van der Waals surface area contributed by atoms with Gasteiger partial charge in [-0.1, -0.05) is 24.4 Å². The van der Waals surface area contributed by atoms with E-state index in [1.165, 1.54) is 49.9 Å². The maximum atomic E-state index is 11.1. The number of hydrogen-bond acceptors (Lipinski definition) is 4. The van der Waals surface area contributed by atoms with E-state index in [9.17, 15) is 4.79 Å². The summed E-state index contributed by atoms with van der Waals surface area (Å²) in [6.07, 6.45) is 7.65. The molecule has 2 fully saturated rings. The lowest BCUT2D eigenvalue weighted by Gasteiger charge is -2.38. The predicted octanol–water partition coefficient (Wildman–Crippen LogP) is 4.25. The number of nitrogens with two attached hydrogens (primary N) is 1. The van der Waals surface area contributed by atoms with Crippen LogP contribution in [0.25, 0.3) is 0 Å². The van der Waals surface area contributed by atoms with Gasteiger partial charge in [0.2, 0.25) is 5.91 Å². The molecule has 30 heavy (non-hydrogen) atoms. The maximum Gasteiger partial charge on any atom is 0.217 e. The Morgan fingerprint density at radius 3 is 2.47 bits per heavy atom. The van der Waals surface area contributed by atoms with Gasteiger partial charge in [-0.2, -0.15) is 0 Å². The average Bonchev–Trinajstić information content (AvgIpc) is 2.73. The summed E-state index contributed by atoms with van der Waals surface area (Å²) >= 11 is 6.24. The van der Waals surface area contributed by atoms with Crippen LogP contribution in [0.2, 0.25) is 5.02 Å². The number of methoxy groups -OCH3 is 1. The highest BCUT2D eigenvalue weighted by Crippen LogP contribution is 2.35. The topological polar surface area (TPSA) is 58.8 Å². The second-order valence-corrected chi connectivity index (χ2v) is 9.60. The number of benzene rings is 1. The van der Waals surface area contributed by atoms with Gasteiger partial charge in [-0.3, -0.25) is 9.69 Å². The summed E-state index contributed by atoms with van der Waals surface area (Å²) in [6, 6.07) is 6.33. The summed E-state index contributed by atoms with van der Waals surface area (Å²) < 4.78 is 5.66. The van der Waals surface area contributed by atoms with Crippen molar-refractivity contribution in [2.45, 2.75) is 58.0 Å². The Kier molecular flexibility index (Phi) is 8.84. The van der Waals surface area contributed by atoms with Crippen LogP contribution >= 0.6 is 11.6 Å². The SMILES string of the molecule is COC(CCC(N)=O)C1CCC(CCN2CCN(c3cc(C)cc(Cl)c3)CC2)CC1. The van der Waals surface area contributed by atoms with Gasteiger partial charge < -0.3 is 15.4 Å². The Morgan fingerprint density at radius 1 is 1.17 bits per heavy atom. The summed E-state index contributed by atoms with van der Waals surface area (Å²) in [5, 5.41) is 0.827. The van der Waals surface area contributed by atoms with Crippen molar-refractivity contribution >= 4 is 23.2 Å². The van der Waals surface area contributed by atoms with Gasteiger partial charge in [0.05, 0.1) is 6.10 Å². The minimum atomic E-state index is -0.226. The number of hydrogen-bond donors (Lipinski definition) is 1.